The van der Waals surface area contributed by atoms with Crippen LogP contribution in [0.2, 0.25) is 0 Å². The van der Waals surface area contributed by atoms with E-state index in [4.69, 9.17) is 4.74 Å². The second kappa shape index (κ2) is 4.56. The summed E-state index contributed by atoms with van der Waals surface area (Å²) in [5, 5.41) is 0. The van der Waals surface area contributed by atoms with Gasteiger partial charge < -0.3 is 4.74 Å². The third-order valence-electron chi connectivity index (χ3n) is 6.90. The van der Waals surface area contributed by atoms with Crippen LogP contribution < -0.4 is 0 Å². The lowest BCUT2D eigenvalue weighted by Gasteiger charge is -2.58. The number of ketones is 1. The van der Waals surface area contributed by atoms with Gasteiger partial charge in [0.15, 0.2) is 5.78 Å². The molecule has 1 heterocycles. The fourth-order valence-corrected chi connectivity index (χ4v) is 5.72. The van der Waals surface area contributed by atoms with Crippen LogP contribution in [0.25, 0.3) is 0 Å². The number of hydrogen-bond donors (Lipinski definition) is 0. The largest absolute Gasteiger partial charge is 0.459 e. The number of hydrogen-bond acceptors (Lipinski definition) is 3. The van der Waals surface area contributed by atoms with Crippen LogP contribution >= 0.6 is 0 Å². The van der Waals surface area contributed by atoms with Gasteiger partial charge in [0.25, 0.3) is 0 Å². The highest BCUT2D eigenvalue weighted by atomic mass is 16.6. The fourth-order valence-electron chi connectivity index (χ4n) is 5.72. The Bertz CT molecular complexity index is 602. The van der Waals surface area contributed by atoms with E-state index in [9.17, 15) is 9.59 Å². The highest BCUT2D eigenvalue weighted by Crippen LogP contribution is 2.60. The van der Waals surface area contributed by atoms with Crippen molar-refractivity contribution in [1.29, 1.82) is 0 Å². The first-order valence-corrected chi connectivity index (χ1v) is 8.58. The van der Waals surface area contributed by atoms with Crippen molar-refractivity contribution in [3.8, 4) is 0 Å². The molecule has 3 aliphatic carbocycles. The predicted molar refractivity (Wildman–Crippen MR) is 83.0 cm³/mol. The van der Waals surface area contributed by atoms with E-state index >= 15 is 0 Å². The Morgan fingerprint density at radius 1 is 1.09 bits per heavy atom. The molecule has 0 radical (unpaired) electrons. The molecule has 0 unspecified atom stereocenters. The van der Waals surface area contributed by atoms with E-state index in [2.05, 4.69) is 19.9 Å². The summed E-state index contributed by atoms with van der Waals surface area (Å²) in [6, 6.07) is 0. The van der Waals surface area contributed by atoms with Crippen molar-refractivity contribution in [2.24, 2.45) is 23.2 Å². The van der Waals surface area contributed by atoms with Gasteiger partial charge in [-0.15, -0.1) is 0 Å². The Kier molecular flexibility index (Phi) is 2.95. The molecule has 4 rings (SSSR count). The normalized spacial score (nSPS) is 47.0. The summed E-state index contributed by atoms with van der Waals surface area (Å²) >= 11 is 0. The molecule has 4 aliphatic rings. The zero-order valence-corrected chi connectivity index (χ0v) is 13.4. The molecule has 1 saturated heterocycles. The van der Waals surface area contributed by atoms with E-state index in [1.54, 1.807) is 6.08 Å². The van der Waals surface area contributed by atoms with Crippen molar-refractivity contribution >= 4 is 11.8 Å². The van der Waals surface area contributed by atoms with Crippen LogP contribution in [0.3, 0.4) is 0 Å². The van der Waals surface area contributed by atoms with E-state index in [-0.39, 0.29) is 22.8 Å². The number of fused-ring (bicyclic) bond motifs is 5. The Balaban J connectivity index is 1.68. The highest BCUT2D eigenvalue weighted by molar-refractivity contribution is 6.01. The molecule has 3 nitrogen and oxygen atoms in total. The molecule has 5 atom stereocenters. The van der Waals surface area contributed by atoms with Crippen LogP contribution in [-0.2, 0) is 14.3 Å². The summed E-state index contributed by atoms with van der Waals surface area (Å²) in [6.07, 6.45) is 11.5. The maximum atomic E-state index is 11.7. The molecule has 3 heteroatoms. The van der Waals surface area contributed by atoms with Crippen molar-refractivity contribution in [3.05, 3.63) is 23.8 Å². The van der Waals surface area contributed by atoms with Gasteiger partial charge in [-0.25, -0.2) is 0 Å². The molecule has 0 amide bonds. The van der Waals surface area contributed by atoms with Crippen molar-refractivity contribution in [2.45, 2.75) is 58.0 Å². The summed E-state index contributed by atoms with van der Waals surface area (Å²) in [7, 11) is 0. The number of carbonyl (C=O) groups is 2. The van der Waals surface area contributed by atoms with Crippen molar-refractivity contribution in [2.75, 3.05) is 0 Å². The first-order chi connectivity index (χ1) is 10.4. The van der Waals surface area contributed by atoms with Gasteiger partial charge in [0.1, 0.15) is 5.60 Å². The molecular weight excluding hydrogens is 276 g/mol. The second-order valence-electron chi connectivity index (χ2n) is 7.97. The fraction of sp³-hybridized carbons (Fsp3) is 0.684. The maximum absolute atomic E-state index is 11.7. The summed E-state index contributed by atoms with van der Waals surface area (Å²) in [5.74, 6) is 1.77. The second-order valence-corrected chi connectivity index (χ2v) is 7.97. The average Bonchev–Trinajstić information content (AvgIpc) is 2.46. The average molecular weight is 300 g/mol. The number of rotatable bonds is 0. The van der Waals surface area contributed by atoms with Crippen molar-refractivity contribution in [3.63, 3.8) is 0 Å². The third kappa shape index (κ3) is 1.87. The number of allylic oxidation sites excluding steroid dienone is 4. The van der Waals surface area contributed by atoms with Crippen LogP contribution in [0.15, 0.2) is 23.8 Å². The molecule has 1 aliphatic heterocycles. The maximum Gasteiger partial charge on any atom is 0.306 e. The lowest BCUT2D eigenvalue weighted by molar-refractivity contribution is -0.192. The summed E-state index contributed by atoms with van der Waals surface area (Å²) < 4.78 is 5.79. The first kappa shape index (κ1) is 14.2. The minimum atomic E-state index is -0.262. The Morgan fingerprint density at radius 3 is 2.73 bits per heavy atom. The molecule has 0 aromatic rings. The van der Waals surface area contributed by atoms with Gasteiger partial charge in [0.2, 0.25) is 0 Å². The Hall–Kier alpha value is -1.38. The molecule has 0 aromatic carbocycles. The Labute approximate surface area is 131 Å². The molecule has 0 bridgehead atoms. The number of carbonyl (C=O) groups excluding carboxylic acids is 2. The Morgan fingerprint density at radius 2 is 1.91 bits per heavy atom. The number of esters is 1. The lowest BCUT2D eigenvalue weighted by Crippen LogP contribution is -2.56. The highest BCUT2D eigenvalue weighted by Gasteiger charge is 2.56. The molecule has 2 saturated carbocycles. The van der Waals surface area contributed by atoms with Gasteiger partial charge in [-0.3, -0.25) is 9.59 Å². The predicted octanol–water partition coefficient (Wildman–Crippen LogP) is 3.59. The van der Waals surface area contributed by atoms with E-state index in [1.165, 1.54) is 5.57 Å². The smallest absolute Gasteiger partial charge is 0.306 e. The van der Waals surface area contributed by atoms with E-state index in [0.717, 1.165) is 32.1 Å². The van der Waals surface area contributed by atoms with E-state index in [0.29, 0.717) is 24.2 Å². The van der Waals surface area contributed by atoms with Gasteiger partial charge in [0.05, 0.1) is 0 Å². The van der Waals surface area contributed by atoms with Crippen molar-refractivity contribution < 1.29 is 14.3 Å². The lowest BCUT2D eigenvalue weighted by atomic mass is 9.49. The standard InChI is InChI=1S/C19H24O3/c1-18-9-7-13(20)11-12(18)3-4-14-15(18)8-10-19(2)16(14)5-6-17(21)22-19/h7,9,11,14-16H,3-6,8,10H2,1-2H3/t14-,15+,16-,18+,19-/m1/s1. The molecule has 22 heavy (non-hydrogen) atoms. The molecular formula is C19H24O3. The topological polar surface area (TPSA) is 43.4 Å². The third-order valence-corrected chi connectivity index (χ3v) is 6.90. The first-order valence-electron chi connectivity index (χ1n) is 8.58. The van der Waals surface area contributed by atoms with Gasteiger partial charge in [0, 0.05) is 17.8 Å². The van der Waals surface area contributed by atoms with E-state index < -0.39 is 0 Å². The minimum Gasteiger partial charge on any atom is -0.459 e. The van der Waals surface area contributed by atoms with Crippen molar-refractivity contribution in [1.82, 2.24) is 0 Å². The monoisotopic (exact) mass is 300 g/mol. The molecule has 118 valence electrons. The summed E-state index contributed by atoms with van der Waals surface area (Å²) in [4.78, 5) is 23.4. The van der Waals surface area contributed by atoms with Crippen LogP contribution in [0, 0.1) is 23.2 Å². The van der Waals surface area contributed by atoms with Crippen LogP contribution in [0.4, 0.5) is 0 Å². The van der Waals surface area contributed by atoms with Gasteiger partial charge in [-0.1, -0.05) is 18.6 Å². The van der Waals surface area contributed by atoms with Gasteiger partial charge in [-0.2, -0.15) is 0 Å². The van der Waals surface area contributed by atoms with Crippen LogP contribution in [0.1, 0.15) is 52.4 Å². The molecule has 0 aromatic heterocycles. The van der Waals surface area contributed by atoms with Crippen LogP contribution in [0.5, 0.6) is 0 Å². The zero-order valence-electron chi connectivity index (χ0n) is 13.4. The minimum absolute atomic E-state index is 0.0250. The van der Waals surface area contributed by atoms with Gasteiger partial charge >= 0.3 is 5.97 Å². The summed E-state index contributed by atoms with van der Waals surface area (Å²) in [5.41, 5.74) is 1.08. The van der Waals surface area contributed by atoms with Gasteiger partial charge in [-0.05, 0) is 63.0 Å². The SMILES string of the molecule is C[C@@]12CC[C@H]3[C@@H](CCC4=CC(=O)C=C[C@@]43C)[C@H]1CCC(=O)O2. The van der Waals surface area contributed by atoms with E-state index in [1.807, 2.05) is 6.08 Å². The van der Waals surface area contributed by atoms with Crippen LogP contribution in [-0.4, -0.2) is 17.4 Å². The number of ether oxygens (including phenoxy) is 1. The molecule has 3 fully saturated rings. The quantitative estimate of drug-likeness (QED) is 0.642. The summed E-state index contributed by atoms with van der Waals surface area (Å²) in [6.45, 7) is 4.44. The molecule has 0 N–H and O–H groups in total. The zero-order chi connectivity index (χ0) is 15.5. The molecule has 0 spiro atoms.